The first-order valence-corrected chi connectivity index (χ1v) is 8.11. The molecule has 2 rings (SSSR count). The molecule has 1 aromatic heterocycles. The topological polar surface area (TPSA) is 79.9 Å². The second kappa shape index (κ2) is 6.60. The van der Waals surface area contributed by atoms with Crippen LogP contribution in [0.3, 0.4) is 0 Å². The number of aromatic nitrogens is 2. The van der Waals surface area contributed by atoms with Gasteiger partial charge in [-0.25, -0.2) is 9.48 Å². The van der Waals surface area contributed by atoms with Gasteiger partial charge in [0.25, 0.3) is 0 Å². The standard InChI is InChI=1S/C19H24N4O2/c1-18(2,3)15-11-16(21-17(24)25-19(4,5)6)23(22-15)14-9-7-8-13(10-14)12-20/h7-11H,1-6H3,(H,21,24). The van der Waals surface area contributed by atoms with Crippen molar-refractivity contribution in [1.29, 1.82) is 5.26 Å². The Kier molecular flexibility index (Phi) is 4.89. The lowest BCUT2D eigenvalue weighted by Gasteiger charge is -2.19. The molecule has 1 heterocycles. The number of nitrogens with zero attached hydrogens (tertiary/aromatic N) is 3. The lowest BCUT2D eigenvalue weighted by molar-refractivity contribution is 0.0635. The number of rotatable bonds is 2. The van der Waals surface area contributed by atoms with Crippen LogP contribution in [0.25, 0.3) is 5.69 Å². The third-order valence-corrected chi connectivity index (χ3v) is 3.33. The minimum Gasteiger partial charge on any atom is -0.444 e. The quantitative estimate of drug-likeness (QED) is 0.879. The zero-order valence-electron chi connectivity index (χ0n) is 15.5. The van der Waals surface area contributed by atoms with Crippen molar-refractivity contribution in [3.8, 4) is 11.8 Å². The second-order valence-corrected chi connectivity index (χ2v) is 7.87. The molecule has 0 saturated carbocycles. The molecule has 0 atom stereocenters. The van der Waals surface area contributed by atoms with E-state index in [1.165, 1.54) is 0 Å². The molecule has 0 fully saturated rings. The van der Waals surface area contributed by atoms with E-state index in [9.17, 15) is 4.79 Å². The SMILES string of the molecule is CC(C)(C)OC(=O)Nc1cc(C(C)(C)C)nn1-c1cccc(C#N)c1. The molecule has 1 amide bonds. The van der Waals surface area contributed by atoms with Crippen molar-refractivity contribution in [3.63, 3.8) is 0 Å². The minimum atomic E-state index is -0.595. The summed E-state index contributed by atoms with van der Waals surface area (Å²) in [5, 5.41) is 16.5. The molecule has 0 aliphatic rings. The zero-order chi connectivity index (χ0) is 18.8. The van der Waals surface area contributed by atoms with E-state index in [0.717, 1.165) is 5.69 Å². The van der Waals surface area contributed by atoms with Gasteiger partial charge < -0.3 is 4.74 Å². The van der Waals surface area contributed by atoms with Crippen molar-refractivity contribution in [2.45, 2.75) is 52.6 Å². The van der Waals surface area contributed by atoms with Gasteiger partial charge in [-0.05, 0) is 39.0 Å². The van der Waals surface area contributed by atoms with Crippen molar-refractivity contribution >= 4 is 11.9 Å². The number of anilines is 1. The van der Waals surface area contributed by atoms with Crippen molar-refractivity contribution in [2.75, 3.05) is 5.32 Å². The second-order valence-electron chi connectivity index (χ2n) is 7.87. The molecule has 0 saturated heterocycles. The molecular weight excluding hydrogens is 316 g/mol. The van der Waals surface area contributed by atoms with Gasteiger partial charge in [0.1, 0.15) is 11.4 Å². The van der Waals surface area contributed by atoms with Crippen LogP contribution >= 0.6 is 0 Å². The number of carbonyl (C=O) groups excluding carboxylic acids is 1. The Morgan fingerprint density at radius 3 is 2.44 bits per heavy atom. The number of carbonyl (C=O) groups is 1. The van der Waals surface area contributed by atoms with E-state index in [-0.39, 0.29) is 5.41 Å². The number of ether oxygens (including phenoxy) is 1. The first-order chi connectivity index (χ1) is 11.5. The van der Waals surface area contributed by atoms with Crippen LogP contribution in [-0.4, -0.2) is 21.5 Å². The highest BCUT2D eigenvalue weighted by Crippen LogP contribution is 2.27. The fraction of sp³-hybridized carbons (Fsp3) is 0.421. The van der Waals surface area contributed by atoms with E-state index in [4.69, 9.17) is 10.00 Å². The maximum atomic E-state index is 12.2. The fourth-order valence-corrected chi connectivity index (χ4v) is 2.15. The van der Waals surface area contributed by atoms with E-state index in [0.29, 0.717) is 17.1 Å². The van der Waals surface area contributed by atoms with E-state index >= 15 is 0 Å². The van der Waals surface area contributed by atoms with Crippen LogP contribution in [0.5, 0.6) is 0 Å². The predicted octanol–water partition coefficient (Wildman–Crippen LogP) is 4.39. The van der Waals surface area contributed by atoms with E-state index in [1.54, 1.807) is 43.7 Å². The van der Waals surface area contributed by atoms with Gasteiger partial charge in [-0.3, -0.25) is 5.32 Å². The summed E-state index contributed by atoms with van der Waals surface area (Å²) >= 11 is 0. The summed E-state index contributed by atoms with van der Waals surface area (Å²) in [6.07, 6.45) is -0.550. The molecule has 0 radical (unpaired) electrons. The van der Waals surface area contributed by atoms with E-state index in [1.807, 2.05) is 32.9 Å². The number of benzene rings is 1. The summed E-state index contributed by atoms with van der Waals surface area (Å²) < 4.78 is 6.95. The Labute approximate surface area is 148 Å². The molecule has 1 N–H and O–H groups in total. The summed E-state index contributed by atoms with van der Waals surface area (Å²) in [6.45, 7) is 11.6. The van der Waals surface area contributed by atoms with Crippen LogP contribution in [0.15, 0.2) is 30.3 Å². The Morgan fingerprint density at radius 2 is 1.88 bits per heavy atom. The lowest BCUT2D eigenvalue weighted by atomic mass is 9.92. The number of nitriles is 1. The van der Waals surface area contributed by atoms with Crippen LogP contribution in [0.1, 0.15) is 52.8 Å². The smallest absolute Gasteiger partial charge is 0.413 e. The molecule has 0 unspecified atom stereocenters. The molecular formula is C19H24N4O2. The molecule has 132 valence electrons. The van der Waals surface area contributed by atoms with Gasteiger partial charge in [-0.2, -0.15) is 10.4 Å². The van der Waals surface area contributed by atoms with Gasteiger partial charge in [0, 0.05) is 11.5 Å². The third-order valence-electron chi connectivity index (χ3n) is 3.33. The van der Waals surface area contributed by atoms with Gasteiger partial charge in [0.2, 0.25) is 0 Å². The first-order valence-electron chi connectivity index (χ1n) is 8.11. The summed E-state index contributed by atoms with van der Waals surface area (Å²) in [4.78, 5) is 12.2. The van der Waals surface area contributed by atoms with Gasteiger partial charge in [0.05, 0.1) is 23.0 Å². The van der Waals surface area contributed by atoms with Crippen LogP contribution in [0.4, 0.5) is 10.6 Å². The Balaban J connectivity index is 2.45. The van der Waals surface area contributed by atoms with Crippen LogP contribution < -0.4 is 5.32 Å². The molecule has 2 aromatic rings. The van der Waals surface area contributed by atoms with Crippen LogP contribution in [0, 0.1) is 11.3 Å². The van der Waals surface area contributed by atoms with Gasteiger partial charge in [-0.15, -0.1) is 0 Å². The van der Waals surface area contributed by atoms with Crippen molar-refractivity contribution < 1.29 is 9.53 Å². The Morgan fingerprint density at radius 1 is 1.20 bits per heavy atom. The molecule has 0 bridgehead atoms. The highest BCUT2D eigenvalue weighted by Gasteiger charge is 2.23. The predicted molar refractivity (Wildman–Crippen MR) is 96.8 cm³/mol. The summed E-state index contributed by atoms with van der Waals surface area (Å²) in [6, 6.07) is 11.0. The number of amides is 1. The molecule has 0 aliphatic heterocycles. The summed E-state index contributed by atoms with van der Waals surface area (Å²) in [5.74, 6) is 0.495. The normalized spacial score (nSPS) is 11.7. The third kappa shape index (κ3) is 4.83. The molecule has 6 heteroatoms. The summed E-state index contributed by atoms with van der Waals surface area (Å²) in [7, 11) is 0. The monoisotopic (exact) mass is 340 g/mol. The van der Waals surface area contributed by atoms with Crippen molar-refractivity contribution in [3.05, 3.63) is 41.6 Å². The maximum Gasteiger partial charge on any atom is 0.413 e. The highest BCUT2D eigenvalue weighted by molar-refractivity contribution is 5.84. The van der Waals surface area contributed by atoms with Gasteiger partial charge >= 0.3 is 6.09 Å². The van der Waals surface area contributed by atoms with E-state index < -0.39 is 11.7 Å². The van der Waals surface area contributed by atoms with Crippen molar-refractivity contribution in [2.24, 2.45) is 0 Å². The molecule has 0 aliphatic carbocycles. The average Bonchev–Trinajstić information content (AvgIpc) is 2.89. The Hall–Kier alpha value is -2.81. The number of nitrogens with one attached hydrogen (secondary N) is 1. The molecule has 6 nitrogen and oxygen atoms in total. The van der Waals surface area contributed by atoms with Crippen molar-refractivity contribution in [1.82, 2.24) is 9.78 Å². The van der Waals surface area contributed by atoms with Crippen LogP contribution in [-0.2, 0) is 10.2 Å². The van der Waals surface area contributed by atoms with E-state index in [2.05, 4.69) is 16.5 Å². The largest absolute Gasteiger partial charge is 0.444 e. The zero-order valence-corrected chi connectivity index (χ0v) is 15.5. The highest BCUT2D eigenvalue weighted by atomic mass is 16.6. The molecule has 25 heavy (non-hydrogen) atoms. The van der Waals surface area contributed by atoms with Gasteiger partial charge in [-0.1, -0.05) is 26.8 Å². The molecule has 1 aromatic carbocycles. The number of hydrogen-bond acceptors (Lipinski definition) is 4. The summed E-state index contributed by atoms with van der Waals surface area (Å²) in [5.41, 5.74) is 1.25. The molecule has 0 spiro atoms. The minimum absolute atomic E-state index is 0.192. The first kappa shape index (κ1) is 18.5. The fourth-order valence-electron chi connectivity index (χ4n) is 2.15. The van der Waals surface area contributed by atoms with Crippen LogP contribution in [0.2, 0.25) is 0 Å². The van der Waals surface area contributed by atoms with Gasteiger partial charge in [0.15, 0.2) is 0 Å². The maximum absolute atomic E-state index is 12.2. The lowest BCUT2D eigenvalue weighted by Crippen LogP contribution is -2.27. The average molecular weight is 340 g/mol. The Bertz CT molecular complexity index is 817. The number of hydrogen-bond donors (Lipinski definition) is 1.